The Balaban J connectivity index is 1.64. The maximum atomic E-state index is 4.30. The molecule has 0 heterocycles. The van der Waals surface area contributed by atoms with Crippen LogP contribution in [-0.2, 0) is 6.42 Å². The summed E-state index contributed by atoms with van der Waals surface area (Å²) in [6, 6.07) is 12.0. The standard InChI is InChI=1S/C18H30N4/c1-15(2)22(17-9-10-17)14-13-21-18(19-3)20-12-11-16-7-5-4-6-8-16/h4-8,15,17H,9-14H2,1-3H3,(H2,19,20,21). The molecule has 2 rings (SSSR count). The lowest BCUT2D eigenvalue weighted by Gasteiger charge is -2.26. The molecule has 22 heavy (non-hydrogen) atoms. The highest BCUT2D eigenvalue weighted by atomic mass is 15.2. The van der Waals surface area contributed by atoms with Gasteiger partial charge in [0.25, 0.3) is 0 Å². The minimum absolute atomic E-state index is 0.627. The van der Waals surface area contributed by atoms with E-state index in [4.69, 9.17) is 0 Å². The average Bonchev–Trinajstić information content (AvgIpc) is 3.35. The minimum atomic E-state index is 0.627. The van der Waals surface area contributed by atoms with Crippen LogP contribution in [0.15, 0.2) is 35.3 Å². The molecule has 2 N–H and O–H groups in total. The zero-order valence-corrected chi connectivity index (χ0v) is 14.2. The van der Waals surface area contributed by atoms with E-state index in [0.29, 0.717) is 6.04 Å². The molecular formula is C18H30N4. The van der Waals surface area contributed by atoms with Crippen LogP contribution in [0.3, 0.4) is 0 Å². The Hall–Kier alpha value is -1.55. The molecule has 0 atom stereocenters. The number of hydrogen-bond donors (Lipinski definition) is 2. The summed E-state index contributed by atoms with van der Waals surface area (Å²) in [6.45, 7) is 7.50. The molecular weight excluding hydrogens is 272 g/mol. The number of hydrogen-bond acceptors (Lipinski definition) is 2. The molecule has 1 aromatic carbocycles. The number of guanidine groups is 1. The van der Waals surface area contributed by atoms with Crippen LogP contribution in [0.25, 0.3) is 0 Å². The maximum absolute atomic E-state index is 4.30. The highest BCUT2D eigenvalue weighted by Crippen LogP contribution is 2.27. The van der Waals surface area contributed by atoms with Crippen molar-refractivity contribution < 1.29 is 0 Å². The monoisotopic (exact) mass is 302 g/mol. The van der Waals surface area contributed by atoms with Crippen molar-refractivity contribution in [2.75, 3.05) is 26.7 Å². The van der Waals surface area contributed by atoms with Gasteiger partial charge in [-0.2, -0.15) is 0 Å². The molecule has 0 aliphatic heterocycles. The fraction of sp³-hybridized carbons (Fsp3) is 0.611. The molecule has 0 radical (unpaired) electrons. The summed E-state index contributed by atoms with van der Waals surface area (Å²) >= 11 is 0. The predicted octanol–water partition coefficient (Wildman–Crippen LogP) is 2.27. The van der Waals surface area contributed by atoms with Crippen molar-refractivity contribution >= 4 is 5.96 Å². The highest BCUT2D eigenvalue weighted by molar-refractivity contribution is 5.79. The van der Waals surface area contributed by atoms with Crippen molar-refractivity contribution in [3.8, 4) is 0 Å². The van der Waals surface area contributed by atoms with E-state index in [1.165, 1.54) is 18.4 Å². The summed E-state index contributed by atoms with van der Waals surface area (Å²) in [5.41, 5.74) is 1.35. The van der Waals surface area contributed by atoms with Crippen LogP contribution >= 0.6 is 0 Å². The van der Waals surface area contributed by atoms with Crippen LogP contribution in [-0.4, -0.2) is 49.6 Å². The van der Waals surface area contributed by atoms with Crippen molar-refractivity contribution in [2.45, 2.75) is 45.2 Å². The fourth-order valence-electron chi connectivity index (χ4n) is 2.76. The molecule has 0 aromatic heterocycles. The van der Waals surface area contributed by atoms with Gasteiger partial charge in [0.15, 0.2) is 5.96 Å². The fourth-order valence-corrected chi connectivity index (χ4v) is 2.76. The largest absolute Gasteiger partial charge is 0.356 e. The van der Waals surface area contributed by atoms with Gasteiger partial charge < -0.3 is 10.6 Å². The average molecular weight is 302 g/mol. The molecule has 0 amide bonds. The van der Waals surface area contributed by atoms with Crippen LogP contribution < -0.4 is 10.6 Å². The third-order valence-electron chi connectivity index (χ3n) is 4.11. The first kappa shape index (κ1) is 16.8. The van der Waals surface area contributed by atoms with Crippen molar-refractivity contribution in [2.24, 2.45) is 4.99 Å². The van der Waals surface area contributed by atoms with Gasteiger partial charge in [-0.05, 0) is 38.7 Å². The zero-order chi connectivity index (χ0) is 15.8. The second-order valence-electron chi connectivity index (χ2n) is 6.22. The maximum Gasteiger partial charge on any atom is 0.191 e. The summed E-state index contributed by atoms with van der Waals surface area (Å²) in [6.07, 6.45) is 3.74. The number of benzene rings is 1. The number of nitrogens with zero attached hydrogens (tertiary/aromatic N) is 2. The molecule has 4 heteroatoms. The smallest absolute Gasteiger partial charge is 0.191 e. The first-order chi connectivity index (χ1) is 10.7. The highest BCUT2D eigenvalue weighted by Gasteiger charge is 2.29. The van der Waals surface area contributed by atoms with Gasteiger partial charge in [-0.15, -0.1) is 0 Å². The summed E-state index contributed by atoms with van der Waals surface area (Å²) in [7, 11) is 1.83. The Labute approximate surface area is 135 Å². The van der Waals surface area contributed by atoms with Crippen molar-refractivity contribution in [1.29, 1.82) is 0 Å². The Morgan fingerprint density at radius 1 is 1.18 bits per heavy atom. The van der Waals surface area contributed by atoms with Gasteiger partial charge in [-0.1, -0.05) is 30.3 Å². The number of aliphatic imine (C=N–C) groups is 1. The Morgan fingerprint density at radius 2 is 1.86 bits per heavy atom. The first-order valence-electron chi connectivity index (χ1n) is 8.45. The van der Waals surface area contributed by atoms with Crippen LogP contribution in [0.2, 0.25) is 0 Å². The van der Waals surface area contributed by atoms with Gasteiger partial charge in [-0.25, -0.2) is 0 Å². The molecule has 1 aromatic rings. The third-order valence-corrected chi connectivity index (χ3v) is 4.11. The Morgan fingerprint density at radius 3 is 2.45 bits per heavy atom. The molecule has 122 valence electrons. The van der Waals surface area contributed by atoms with E-state index in [1.54, 1.807) is 0 Å². The van der Waals surface area contributed by atoms with Gasteiger partial charge >= 0.3 is 0 Å². The molecule has 4 nitrogen and oxygen atoms in total. The summed E-state index contributed by atoms with van der Waals surface area (Å²) in [5, 5.41) is 6.81. The van der Waals surface area contributed by atoms with Crippen LogP contribution in [0, 0.1) is 0 Å². The summed E-state index contributed by atoms with van der Waals surface area (Å²) in [5.74, 6) is 0.899. The Kier molecular flexibility index (Phi) is 6.72. The minimum Gasteiger partial charge on any atom is -0.356 e. The first-order valence-corrected chi connectivity index (χ1v) is 8.45. The van der Waals surface area contributed by atoms with E-state index in [2.05, 4.69) is 64.7 Å². The summed E-state index contributed by atoms with van der Waals surface area (Å²) in [4.78, 5) is 6.88. The van der Waals surface area contributed by atoms with Gasteiger partial charge in [0.2, 0.25) is 0 Å². The SMILES string of the molecule is CN=C(NCCc1ccccc1)NCCN(C(C)C)C1CC1. The predicted molar refractivity (Wildman–Crippen MR) is 94.4 cm³/mol. The normalized spacial score (nSPS) is 15.4. The quantitative estimate of drug-likeness (QED) is 0.571. The topological polar surface area (TPSA) is 39.7 Å². The van der Waals surface area contributed by atoms with Gasteiger partial charge in [0.05, 0.1) is 0 Å². The lowest BCUT2D eigenvalue weighted by atomic mass is 10.1. The van der Waals surface area contributed by atoms with E-state index in [1.807, 2.05) is 7.05 Å². The van der Waals surface area contributed by atoms with Crippen molar-refractivity contribution in [3.05, 3.63) is 35.9 Å². The second kappa shape index (κ2) is 8.79. The summed E-state index contributed by atoms with van der Waals surface area (Å²) < 4.78 is 0. The Bertz CT molecular complexity index is 449. The van der Waals surface area contributed by atoms with E-state index >= 15 is 0 Å². The number of rotatable bonds is 8. The van der Waals surface area contributed by atoms with Gasteiger partial charge in [0, 0.05) is 38.8 Å². The van der Waals surface area contributed by atoms with E-state index < -0.39 is 0 Å². The van der Waals surface area contributed by atoms with Crippen molar-refractivity contribution in [1.82, 2.24) is 15.5 Å². The van der Waals surface area contributed by atoms with E-state index in [-0.39, 0.29) is 0 Å². The van der Waals surface area contributed by atoms with Crippen molar-refractivity contribution in [3.63, 3.8) is 0 Å². The van der Waals surface area contributed by atoms with Crippen LogP contribution in [0.4, 0.5) is 0 Å². The number of nitrogens with one attached hydrogen (secondary N) is 2. The second-order valence-corrected chi connectivity index (χ2v) is 6.22. The molecule has 0 spiro atoms. The molecule has 1 aliphatic rings. The third kappa shape index (κ3) is 5.68. The molecule has 0 bridgehead atoms. The van der Waals surface area contributed by atoms with Gasteiger partial charge in [-0.3, -0.25) is 9.89 Å². The molecule has 1 fully saturated rings. The van der Waals surface area contributed by atoms with Crippen LogP contribution in [0.1, 0.15) is 32.3 Å². The van der Waals surface area contributed by atoms with Crippen LogP contribution in [0.5, 0.6) is 0 Å². The zero-order valence-electron chi connectivity index (χ0n) is 14.2. The van der Waals surface area contributed by atoms with E-state index in [0.717, 1.165) is 38.1 Å². The molecule has 1 saturated carbocycles. The lowest BCUT2D eigenvalue weighted by molar-refractivity contribution is 0.215. The van der Waals surface area contributed by atoms with E-state index in [9.17, 15) is 0 Å². The molecule has 0 saturated heterocycles. The lowest BCUT2D eigenvalue weighted by Crippen LogP contribution is -2.44. The molecule has 1 aliphatic carbocycles. The van der Waals surface area contributed by atoms with Gasteiger partial charge in [0.1, 0.15) is 0 Å². The molecule has 0 unspecified atom stereocenters.